The number of ether oxygens (including phenoxy) is 2. The van der Waals surface area contributed by atoms with Crippen LogP contribution in [0, 0.1) is 0 Å². The Morgan fingerprint density at radius 2 is 2.17 bits per heavy atom. The van der Waals surface area contributed by atoms with Crippen molar-refractivity contribution in [2.24, 2.45) is 0 Å². The summed E-state index contributed by atoms with van der Waals surface area (Å²) in [6.07, 6.45) is 1.67. The van der Waals surface area contributed by atoms with E-state index in [4.69, 9.17) is 9.47 Å². The molecule has 96 valence electrons. The molecule has 0 saturated heterocycles. The van der Waals surface area contributed by atoms with E-state index in [1.54, 1.807) is 13.1 Å². The molecule has 1 N–H and O–H groups in total. The van der Waals surface area contributed by atoms with Gasteiger partial charge in [0.25, 0.3) is 0 Å². The van der Waals surface area contributed by atoms with Gasteiger partial charge in [-0.05, 0) is 32.0 Å². The summed E-state index contributed by atoms with van der Waals surface area (Å²) in [6, 6.07) is 5.76. The third-order valence-corrected chi connectivity index (χ3v) is 3.38. The summed E-state index contributed by atoms with van der Waals surface area (Å²) in [4.78, 5) is 13.2. The molecule has 1 aliphatic heterocycles. The highest BCUT2D eigenvalue weighted by atomic mass is 32.2. The fourth-order valence-electron chi connectivity index (χ4n) is 1.56. The second kappa shape index (κ2) is 5.82. The number of anilines is 1. The Balaban J connectivity index is 2.16. The number of hydrogen-bond donors (Lipinski definition) is 1. The number of rotatable bonds is 4. The molecule has 0 aromatic heterocycles. The minimum absolute atomic E-state index is 0.303. The molecule has 1 heterocycles. The maximum absolute atomic E-state index is 11.6. The van der Waals surface area contributed by atoms with Gasteiger partial charge in [0, 0.05) is 11.1 Å². The van der Waals surface area contributed by atoms with E-state index in [-0.39, 0.29) is 5.97 Å². The SMILES string of the molecule is CCOC(=O)C1=CNc2ccc(OCC)cc2S1. The van der Waals surface area contributed by atoms with Crippen LogP contribution in [0.4, 0.5) is 5.69 Å². The monoisotopic (exact) mass is 265 g/mol. The lowest BCUT2D eigenvalue weighted by Gasteiger charge is -2.17. The number of carbonyl (C=O) groups is 1. The molecule has 0 radical (unpaired) electrons. The van der Waals surface area contributed by atoms with Crippen molar-refractivity contribution >= 4 is 23.4 Å². The second-order valence-electron chi connectivity index (χ2n) is 3.57. The minimum atomic E-state index is -0.303. The maximum Gasteiger partial charge on any atom is 0.346 e. The van der Waals surface area contributed by atoms with Gasteiger partial charge in [-0.1, -0.05) is 11.8 Å². The van der Waals surface area contributed by atoms with Gasteiger partial charge in [-0.25, -0.2) is 4.79 Å². The Labute approximate surface area is 110 Å². The summed E-state index contributed by atoms with van der Waals surface area (Å²) in [5.74, 6) is 0.498. The molecule has 2 rings (SSSR count). The quantitative estimate of drug-likeness (QED) is 0.848. The van der Waals surface area contributed by atoms with E-state index in [9.17, 15) is 4.79 Å². The van der Waals surface area contributed by atoms with Crippen LogP contribution in [0.1, 0.15) is 13.8 Å². The first kappa shape index (κ1) is 12.8. The Morgan fingerprint density at radius 3 is 2.89 bits per heavy atom. The summed E-state index contributed by atoms with van der Waals surface area (Å²) in [5.41, 5.74) is 0.969. The molecule has 0 bridgehead atoms. The maximum atomic E-state index is 11.6. The van der Waals surface area contributed by atoms with Gasteiger partial charge in [-0.2, -0.15) is 0 Å². The first-order valence-corrected chi connectivity index (χ1v) is 6.64. The molecule has 0 atom stereocenters. The van der Waals surface area contributed by atoms with Crippen LogP contribution in [-0.4, -0.2) is 19.2 Å². The van der Waals surface area contributed by atoms with Crippen LogP contribution in [0.5, 0.6) is 5.75 Å². The first-order valence-electron chi connectivity index (χ1n) is 5.83. The lowest BCUT2D eigenvalue weighted by atomic mass is 10.3. The van der Waals surface area contributed by atoms with Crippen LogP contribution in [0.2, 0.25) is 0 Å². The Hall–Kier alpha value is -1.62. The molecule has 1 aromatic rings. The average molecular weight is 265 g/mol. The van der Waals surface area contributed by atoms with E-state index in [0.29, 0.717) is 18.1 Å². The number of thioether (sulfide) groups is 1. The van der Waals surface area contributed by atoms with E-state index < -0.39 is 0 Å². The largest absolute Gasteiger partial charge is 0.494 e. The van der Waals surface area contributed by atoms with Gasteiger partial charge in [0.05, 0.1) is 18.9 Å². The zero-order valence-corrected chi connectivity index (χ0v) is 11.2. The Bertz CT molecular complexity index is 485. The van der Waals surface area contributed by atoms with Gasteiger partial charge in [0.1, 0.15) is 10.7 Å². The summed E-state index contributed by atoms with van der Waals surface area (Å²) in [7, 11) is 0. The number of carbonyl (C=O) groups excluding carboxylic acids is 1. The second-order valence-corrected chi connectivity index (χ2v) is 4.65. The molecule has 0 unspecified atom stereocenters. The van der Waals surface area contributed by atoms with Gasteiger partial charge in [0.15, 0.2) is 0 Å². The predicted molar refractivity (Wildman–Crippen MR) is 71.8 cm³/mol. The number of nitrogens with one attached hydrogen (secondary N) is 1. The normalized spacial score (nSPS) is 13.1. The van der Waals surface area contributed by atoms with Crippen LogP contribution in [-0.2, 0) is 9.53 Å². The zero-order chi connectivity index (χ0) is 13.0. The number of esters is 1. The lowest BCUT2D eigenvalue weighted by Crippen LogP contribution is -2.10. The third kappa shape index (κ3) is 2.79. The topological polar surface area (TPSA) is 47.6 Å². The van der Waals surface area contributed by atoms with Crippen molar-refractivity contribution in [2.75, 3.05) is 18.5 Å². The molecule has 4 nitrogen and oxygen atoms in total. The van der Waals surface area contributed by atoms with Gasteiger partial charge >= 0.3 is 5.97 Å². The molecular formula is C13H15NO3S. The highest BCUT2D eigenvalue weighted by molar-refractivity contribution is 8.04. The summed E-state index contributed by atoms with van der Waals surface area (Å²) < 4.78 is 10.4. The van der Waals surface area contributed by atoms with Crippen molar-refractivity contribution in [1.29, 1.82) is 0 Å². The molecule has 1 aromatic carbocycles. The van der Waals surface area contributed by atoms with Gasteiger partial charge in [0.2, 0.25) is 0 Å². The van der Waals surface area contributed by atoms with Gasteiger partial charge in [-0.15, -0.1) is 0 Å². The molecule has 0 amide bonds. The molecule has 1 aliphatic rings. The van der Waals surface area contributed by atoms with E-state index in [1.807, 2.05) is 25.1 Å². The molecule has 18 heavy (non-hydrogen) atoms. The minimum Gasteiger partial charge on any atom is -0.494 e. The van der Waals surface area contributed by atoms with Crippen LogP contribution >= 0.6 is 11.8 Å². The highest BCUT2D eigenvalue weighted by Gasteiger charge is 2.19. The molecule has 5 heteroatoms. The molecular weight excluding hydrogens is 250 g/mol. The van der Waals surface area contributed by atoms with E-state index in [2.05, 4.69) is 5.32 Å². The van der Waals surface area contributed by atoms with Crippen molar-refractivity contribution < 1.29 is 14.3 Å². The molecule has 0 aliphatic carbocycles. The van der Waals surface area contributed by atoms with Crippen LogP contribution in [0.25, 0.3) is 0 Å². The highest BCUT2D eigenvalue weighted by Crippen LogP contribution is 2.39. The zero-order valence-electron chi connectivity index (χ0n) is 10.4. The summed E-state index contributed by atoms with van der Waals surface area (Å²) in [6.45, 7) is 4.73. The summed E-state index contributed by atoms with van der Waals surface area (Å²) >= 11 is 1.39. The van der Waals surface area contributed by atoms with E-state index in [1.165, 1.54) is 11.8 Å². The van der Waals surface area contributed by atoms with Crippen LogP contribution < -0.4 is 10.1 Å². The fraction of sp³-hybridized carbons (Fsp3) is 0.308. The van der Waals surface area contributed by atoms with Crippen molar-refractivity contribution in [3.05, 3.63) is 29.3 Å². The van der Waals surface area contributed by atoms with E-state index >= 15 is 0 Å². The number of fused-ring (bicyclic) bond motifs is 1. The Kier molecular flexibility index (Phi) is 4.15. The van der Waals surface area contributed by atoms with Crippen molar-refractivity contribution in [3.63, 3.8) is 0 Å². The average Bonchev–Trinajstić information content (AvgIpc) is 2.38. The lowest BCUT2D eigenvalue weighted by molar-refractivity contribution is -0.137. The van der Waals surface area contributed by atoms with E-state index in [0.717, 1.165) is 16.3 Å². The van der Waals surface area contributed by atoms with Crippen molar-refractivity contribution in [3.8, 4) is 5.75 Å². The number of benzene rings is 1. The third-order valence-electron chi connectivity index (χ3n) is 2.32. The number of hydrogen-bond acceptors (Lipinski definition) is 5. The van der Waals surface area contributed by atoms with Gasteiger partial charge in [-0.3, -0.25) is 0 Å². The van der Waals surface area contributed by atoms with Crippen LogP contribution in [0.15, 0.2) is 34.2 Å². The van der Waals surface area contributed by atoms with Crippen molar-refractivity contribution in [1.82, 2.24) is 0 Å². The summed E-state index contributed by atoms with van der Waals surface area (Å²) in [5, 5.41) is 3.08. The van der Waals surface area contributed by atoms with Crippen LogP contribution in [0.3, 0.4) is 0 Å². The predicted octanol–water partition coefficient (Wildman–Crippen LogP) is 3.01. The molecule has 0 spiro atoms. The standard InChI is InChI=1S/C13H15NO3S/c1-3-16-9-5-6-10-11(7-9)18-12(8-14-10)13(15)17-4-2/h5-8,14H,3-4H2,1-2H3. The van der Waals surface area contributed by atoms with Gasteiger partial charge < -0.3 is 14.8 Å². The fourth-order valence-corrected chi connectivity index (χ4v) is 2.47. The molecule has 0 fully saturated rings. The molecule has 0 saturated carbocycles. The smallest absolute Gasteiger partial charge is 0.346 e. The first-order chi connectivity index (χ1) is 8.74. The van der Waals surface area contributed by atoms with Crippen molar-refractivity contribution in [2.45, 2.75) is 18.7 Å². The Morgan fingerprint density at radius 1 is 1.33 bits per heavy atom.